The highest BCUT2D eigenvalue weighted by molar-refractivity contribution is 7.19. The molecule has 0 spiro atoms. The lowest BCUT2D eigenvalue weighted by Gasteiger charge is -2.19. The van der Waals surface area contributed by atoms with E-state index in [1.807, 2.05) is 6.92 Å². The van der Waals surface area contributed by atoms with Crippen LogP contribution < -0.4 is 0 Å². The smallest absolute Gasteiger partial charge is 0.308 e. The topological polar surface area (TPSA) is 37.3 Å². The van der Waals surface area contributed by atoms with Crippen LogP contribution in [0.3, 0.4) is 0 Å². The SMILES string of the molecule is Cc1c(CC(=O)O)sc2ccc(C(C)(C)C)cc12. The molecule has 2 rings (SSSR count). The summed E-state index contributed by atoms with van der Waals surface area (Å²) in [5.74, 6) is -0.763. The van der Waals surface area contributed by atoms with Crippen molar-refractivity contribution in [3.8, 4) is 0 Å². The van der Waals surface area contributed by atoms with Gasteiger partial charge in [0.1, 0.15) is 0 Å². The van der Waals surface area contributed by atoms with E-state index >= 15 is 0 Å². The van der Waals surface area contributed by atoms with Gasteiger partial charge < -0.3 is 5.11 Å². The molecule has 0 saturated carbocycles. The molecule has 1 N–H and O–H groups in total. The van der Waals surface area contributed by atoms with Crippen molar-refractivity contribution >= 4 is 27.4 Å². The average Bonchev–Trinajstić information content (AvgIpc) is 2.53. The molecule has 1 aromatic heterocycles. The zero-order valence-corrected chi connectivity index (χ0v) is 12.0. The van der Waals surface area contributed by atoms with Crippen molar-refractivity contribution < 1.29 is 9.90 Å². The maximum Gasteiger partial charge on any atom is 0.308 e. The maximum absolute atomic E-state index is 10.8. The summed E-state index contributed by atoms with van der Waals surface area (Å²) in [6, 6.07) is 6.45. The van der Waals surface area contributed by atoms with E-state index in [0.29, 0.717) is 0 Å². The van der Waals surface area contributed by atoms with Gasteiger partial charge in [-0.1, -0.05) is 26.8 Å². The molecule has 2 nitrogen and oxygen atoms in total. The predicted octanol–water partition coefficient (Wildman–Crippen LogP) is 4.13. The van der Waals surface area contributed by atoms with Crippen molar-refractivity contribution in [1.82, 2.24) is 0 Å². The van der Waals surface area contributed by atoms with Crippen LogP contribution >= 0.6 is 11.3 Å². The molecule has 0 radical (unpaired) electrons. The van der Waals surface area contributed by atoms with Gasteiger partial charge in [-0.3, -0.25) is 4.79 Å². The molecule has 0 amide bonds. The van der Waals surface area contributed by atoms with E-state index in [4.69, 9.17) is 5.11 Å². The third-order valence-corrected chi connectivity index (χ3v) is 4.49. The van der Waals surface area contributed by atoms with Crippen molar-refractivity contribution in [2.24, 2.45) is 0 Å². The summed E-state index contributed by atoms with van der Waals surface area (Å²) < 4.78 is 1.18. The zero-order valence-electron chi connectivity index (χ0n) is 11.2. The van der Waals surface area contributed by atoms with Crippen molar-refractivity contribution in [2.45, 2.75) is 39.5 Å². The molecule has 0 aliphatic heterocycles. The average molecular weight is 262 g/mol. The fourth-order valence-corrected chi connectivity index (χ4v) is 3.23. The van der Waals surface area contributed by atoms with E-state index < -0.39 is 5.97 Å². The largest absolute Gasteiger partial charge is 0.481 e. The van der Waals surface area contributed by atoms with E-state index in [1.165, 1.54) is 15.6 Å². The maximum atomic E-state index is 10.8. The Kier molecular flexibility index (Phi) is 3.20. The summed E-state index contributed by atoms with van der Waals surface area (Å²) >= 11 is 1.59. The van der Waals surface area contributed by atoms with E-state index in [9.17, 15) is 4.79 Å². The monoisotopic (exact) mass is 262 g/mol. The van der Waals surface area contributed by atoms with E-state index in [2.05, 4.69) is 39.0 Å². The molecule has 0 atom stereocenters. The molecule has 3 heteroatoms. The lowest BCUT2D eigenvalue weighted by atomic mass is 9.86. The van der Waals surface area contributed by atoms with E-state index in [-0.39, 0.29) is 11.8 Å². The Hall–Kier alpha value is -1.35. The van der Waals surface area contributed by atoms with Crippen molar-refractivity contribution in [3.05, 3.63) is 34.2 Å². The molecule has 0 saturated heterocycles. The van der Waals surface area contributed by atoms with Crippen LogP contribution in [0.1, 0.15) is 36.8 Å². The molecular weight excluding hydrogens is 244 g/mol. The Morgan fingerprint density at radius 1 is 1.33 bits per heavy atom. The molecule has 0 bridgehead atoms. The first-order valence-corrected chi connectivity index (χ1v) is 6.85. The number of fused-ring (bicyclic) bond motifs is 1. The first kappa shape index (κ1) is 13.1. The second-order valence-electron chi connectivity index (χ2n) is 5.68. The number of benzene rings is 1. The predicted molar refractivity (Wildman–Crippen MR) is 76.6 cm³/mol. The number of carboxylic acid groups (broad SMARTS) is 1. The van der Waals surface area contributed by atoms with Gasteiger partial charge >= 0.3 is 5.97 Å². The van der Waals surface area contributed by atoms with Gasteiger partial charge in [0.15, 0.2) is 0 Å². The van der Waals surface area contributed by atoms with Gasteiger partial charge in [-0.05, 0) is 41.0 Å². The summed E-state index contributed by atoms with van der Waals surface area (Å²) in [6.45, 7) is 8.58. The van der Waals surface area contributed by atoms with E-state index in [0.717, 1.165) is 10.4 Å². The molecule has 0 unspecified atom stereocenters. The molecule has 18 heavy (non-hydrogen) atoms. The number of carbonyl (C=O) groups is 1. The Morgan fingerprint density at radius 3 is 2.56 bits per heavy atom. The summed E-state index contributed by atoms with van der Waals surface area (Å²) in [5, 5.41) is 10.1. The summed E-state index contributed by atoms with van der Waals surface area (Å²) in [4.78, 5) is 11.8. The lowest BCUT2D eigenvalue weighted by molar-refractivity contribution is -0.136. The van der Waals surface area contributed by atoms with Crippen molar-refractivity contribution in [1.29, 1.82) is 0 Å². The quantitative estimate of drug-likeness (QED) is 0.883. The normalized spacial score (nSPS) is 12.0. The number of hydrogen-bond donors (Lipinski definition) is 1. The van der Waals surface area contributed by atoms with Gasteiger partial charge in [-0.25, -0.2) is 0 Å². The Morgan fingerprint density at radius 2 is 2.00 bits per heavy atom. The lowest BCUT2D eigenvalue weighted by Crippen LogP contribution is -2.10. The highest BCUT2D eigenvalue weighted by atomic mass is 32.1. The Balaban J connectivity index is 2.57. The van der Waals surface area contributed by atoms with Crippen molar-refractivity contribution in [3.63, 3.8) is 0 Å². The van der Waals surface area contributed by atoms with Crippen LogP contribution in [-0.2, 0) is 16.6 Å². The third kappa shape index (κ3) is 2.41. The van der Waals surface area contributed by atoms with Crippen LogP contribution in [0.25, 0.3) is 10.1 Å². The first-order chi connectivity index (χ1) is 8.29. The highest BCUT2D eigenvalue weighted by Crippen LogP contribution is 2.34. The second kappa shape index (κ2) is 4.39. The first-order valence-electron chi connectivity index (χ1n) is 6.03. The summed E-state index contributed by atoms with van der Waals surface area (Å²) in [6.07, 6.45) is 0.121. The number of hydrogen-bond acceptors (Lipinski definition) is 2. The van der Waals surface area contributed by atoms with Crippen LogP contribution in [0.4, 0.5) is 0 Å². The van der Waals surface area contributed by atoms with Crippen LogP contribution in [0.2, 0.25) is 0 Å². The van der Waals surface area contributed by atoms with Gasteiger partial charge in [-0.2, -0.15) is 0 Å². The second-order valence-corrected chi connectivity index (χ2v) is 6.82. The van der Waals surface area contributed by atoms with Gasteiger partial charge in [0.2, 0.25) is 0 Å². The molecule has 0 fully saturated rings. The number of aryl methyl sites for hydroxylation is 1. The number of aliphatic carboxylic acids is 1. The molecule has 0 aliphatic rings. The molecule has 1 aromatic carbocycles. The van der Waals surface area contributed by atoms with Gasteiger partial charge in [-0.15, -0.1) is 11.3 Å². The standard InChI is InChI=1S/C15H18O2S/c1-9-11-7-10(15(2,3)4)5-6-12(11)18-13(9)8-14(16)17/h5-7H,8H2,1-4H3,(H,16,17). The van der Waals surface area contributed by atoms with Crippen molar-refractivity contribution in [2.75, 3.05) is 0 Å². The molecular formula is C15H18O2S. The van der Waals surface area contributed by atoms with E-state index in [1.54, 1.807) is 11.3 Å². The molecule has 96 valence electrons. The molecule has 2 aromatic rings. The highest BCUT2D eigenvalue weighted by Gasteiger charge is 2.17. The number of thiophene rings is 1. The van der Waals surface area contributed by atoms with Gasteiger partial charge in [0, 0.05) is 9.58 Å². The van der Waals surface area contributed by atoms with Crippen LogP contribution in [0, 0.1) is 6.92 Å². The Labute approximate surface area is 111 Å². The van der Waals surface area contributed by atoms with Gasteiger partial charge in [0.05, 0.1) is 6.42 Å². The van der Waals surface area contributed by atoms with Crippen LogP contribution in [-0.4, -0.2) is 11.1 Å². The summed E-state index contributed by atoms with van der Waals surface area (Å²) in [5.41, 5.74) is 2.52. The number of carboxylic acids is 1. The number of rotatable bonds is 2. The molecule has 1 heterocycles. The summed E-state index contributed by atoms with van der Waals surface area (Å²) in [7, 11) is 0. The minimum atomic E-state index is -0.763. The van der Waals surface area contributed by atoms with Gasteiger partial charge in [0.25, 0.3) is 0 Å². The fraction of sp³-hybridized carbons (Fsp3) is 0.400. The minimum Gasteiger partial charge on any atom is -0.481 e. The fourth-order valence-electron chi connectivity index (χ4n) is 2.04. The third-order valence-electron chi connectivity index (χ3n) is 3.21. The van der Waals surface area contributed by atoms with Crippen LogP contribution in [0.5, 0.6) is 0 Å². The Bertz CT molecular complexity index is 603. The minimum absolute atomic E-state index is 0.121. The molecule has 0 aliphatic carbocycles. The zero-order chi connectivity index (χ0) is 13.5. The van der Waals surface area contributed by atoms with Crippen LogP contribution in [0.15, 0.2) is 18.2 Å².